The van der Waals surface area contributed by atoms with Crippen molar-refractivity contribution in [2.75, 3.05) is 13.1 Å². The molecule has 1 aliphatic heterocycles. The summed E-state index contributed by atoms with van der Waals surface area (Å²) in [6, 6.07) is 6.53. The Labute approximate surface area is 162 Å². The van der Waals surface area contributed by atoms with Crippen molar-refractivity contribution < 1.29 is 0 Å². The minimum Gasteiger partial charge on any atom is -0.357 e. The number of fused-ring (bicyclic) bond motifs is 1. The number of aliphatic imine (C=N–C) groups is 1. The molecule has 1 aliphatic rings. The van der Waals surface area contributed by atoms with E-state index in [1.54, 1.807) is 0 Å². The summed E-state index contributed by atoms with van der Waals surface area (Å²) in [4.78, 5) is 4.75. The van der Waals surface area contributed by atoms with Crippen LogP contribution in [0.15, 0.2) is 23.2 Å². The zero-order chi connectivity index (χ0) is 19.1. The van der Waals surface area contributed by atoms with Crippen LogP contribution in [0.4, 0.5) is 0 Å². The van der Waals surface area contributed by atoms with Gasteiger partial charge in [-0.05, 0) is 44.7 Å². The molecule has 0 radical (unpaired) electrons. The van der Waals surface area contributed by atoms with E-state index in [1.165, 1.54) is 36.0 Å². The number of nitrogens with one attached hydrogen (secondary N) is 2. The predicted octanol–water partition coefficient (Wildman–Crippen LogP) is 2.92. The van der Waals surface area contributed by atoms with Crippen LogP contribution in [-0.4, -0.2) is 33.8 Å². The third-order valence-electron chi connectivity index (χ3n) is 5.08. The van der Waals surface area contributed by atoms with Crippen LogP contribution in [0.2, 0.25) is 0 Å². The highest BCUT2D eigenvalue weighted by Crippen LogP contribution is 2.14. The number of rotatable bonds is 6. The molecule has 0 saturated carbocycles. The van der Waals surface area contributed by atoms with E-state index in [4.69, 9.17) is 4.99 Å². The first kappa shape index (κ1) is 19.4. The zero-order valence-electron chi connectivity index (χ0n) is 16.9. The van der Waals surface area contributed by atoms with E-state index >= 15 is 0 Å². The molecule has 2 heterocycles. The standard InChI is InChI=1S/C21H32N6/c1-4-22-21(24-15-18-10-9-16(2)14-17(18)3)23-12-11-20-26-25-19-8-6-5-7-13-27(19)20/h9-10,14H,4-8,11-13,15H2,1-3H3,(H2,22,23,24). The molecule has 0 spiro atoms. The average molecular weight is 369 g/mol. The molecule has 2 N–H and O–H groups in total. The second-order valence-electron chi connectivity index (χ2n) is 7.30. The fourth-order valence-electron chi connectivity index (χ4n) is 3.55. The molecule has 0 aliphatic carbocycles. The van der Waals surface area contributed by atoms with Crippen LogP contribution in [0.3, 0.4) is 0 Å². The summed E-state index contributed by atoms with van der Waals surface area (Å²) in [6.07, 6.45) is 5.66. The Hall–Kier alpha value is -2.37. The normalized spacial score (nSPS) is 14.6. The maximum absolute atomic E-state index is 4.75. The highest BCUT2D eigenvalue weighted by molar-refractivity contribution is 5.79. The number of hydrogen-bond acceptors (Lipinski definition) is 3. The Morgan fingerprint density at radius 1 is 1.15 bits per heavy atom. The first-order valence-corrected chi connectivity index (χ1v) is 10.2. The van der Waals surface area contributed by atoms with Gasteiger partial charge in [0.15, 0.2) is 5.96 Å². The van der Waals surface area contributed by atoms with Crippen molar-refractivity contribution in [1.82, 2.24) is 25.4 Å². The molecular weight excluding hydrogens is 336 g/mol. The van der Waals surface area contributed by atoms with Gasteiger partial charge >= 0.3 is 0 Å². The highest BCUT2D eigenvalue weighted by atomic mass is 15.3. The molecule has 0 bridgehead atoms. The van der Waals surface area contributed by atoms with Gasteiger partial charge in [-0.1, -0.05) is 30.2 Å². The number of aromatic nitrogens is 3. The maximum Gasteiger partial charge on any atom is 0.191 e. The van der Waals surface area contributed by atoms with Crippen molar-refractivity contribution in [2.24, 2.45) is 4.99 Å². The van der Waals surface area contributed by atoms with E-state index in [0.29, 0.717) is 6.54 Å². The third kappa shape index (κ3) is 5.31. The van der Waals surface area contributed by atoms with Crippen molar-refractivity contribution in [3.05, 3.63) is 46.5 Å². The number of hydrogen-bond donors (Lipinski definition) is 2. The van der Waals surface area contributed by atoms with Crippen molar-refractivity contribution in [2.45, 2.75) is 66.0 Å². The number of nitrogens with zero attached hydrogens (tertiary/aromatic N) is 4. The Morgan fingerprint density at radius 2 is 2.04 bits per heavy atom. The molecule has 0 atom stereocenters. The predicted molar refractivity (Wildman–Crippen MR) is 110 cm³/mol. The zero-order valence-corrected chi connectivity index (χ0v) is 16.9. The monoisotopic (exact) mass is 368 g/mol. The molecule has 6 nitrogen and oxygen atoms in total. The summed E-state index contributed by atoms with van der Waals surface area (Å²) in [5.74, 6) is 3.09. The highest BCUT2D eigenvalue weighted by Gasteiger charge is 2.14. The smallest absolute Gasteiger partial charge is 0.191 e. The van der Waals surface area contributed by atoms with E-state index in [-0.39, 0.29) is 0 Å². The Morgan fingerprint density at radius 3 is 2.85 bits per heavy atom. The molecule has 2 aromatic rings. The third-order valence-corrected chi connectivity index (χ3v) is 5.08. The number of benzene rings is 1. The topological polar surface area (TPSA) is 67.1 Å². The lowest BCUT2D eigenvalue weighted by atomic mass is 10.1. The molecule has 0 saturated heterocycles. The molecule has 0 amide bonds. The molecule has 1 aromatic carbocycles. The molecule has 6 heteroatoms. The van der Waals surface area contributed by atoms with Crippen LogP contribution in [-0.2, 0) is 25.9 Å². The average Bonchev–Trinajstić information content (AvgIpc) is 2.87. The SMILES string of the molecule is CCNC(=NCc1ccc(C)cc1C)NCCc1nnc2n1CCCCC2. The minimum atomic E-state index is 0.682. The van der Waals surface area contributed by atoms with Gasteiger partial charge in [0.05, 0.1) is 6.54 Å². The van der Waals surface area contributed by atoms with E-state index in [9.17, 15) is 0 Å². The van der Waals surface area contributed by atoms with Crippen molar-refractivity contribution in [3.63, 3.8) is 0 Å². The number of aryl methyl sites for hydroxylation is 3. The summed E-state index contributed by atoms with van der Waals surface area (Å²) in [7, 11) is 0. The van der Waals surface area contributed by atoms with Crippen molar-refractivity contribution >= 4 is 5.96 Å². The van der Waals surface area contributed by atoms with E-state index in [0.717, 1.165) is 50.1 Å². The lowest BCUT2D eigenvalue weighted by Gasteiger charge is -2.12. The van der Waals surface area contributed by atoms with E-state index < -0.39 is 0 Å². The second-order valence-corrected chi connectivity index (χ2v) is 7.30. The van der Waals surface area contributed by atoms with Crippen LogP contribution in [0, 0.1) is 13.8 Å². The van der Waals surface area contributed by atoms with Gasteiger partial charge in [0.1, 0.15) is 11.6 Å². The van der Waals surface area contributed by atoms with Crippen LogP contribution in [0.5, 0.6) is 0 Å². The van der Waals surface area contributed by atoms with Gasteiger partial charge in [-0.2, -0.15) is 0 Å². The Bertz CT molecular complexity index is 777. The molecule has 27 heavy (non-hydrogen) atoms. The van der Waals surface area contributed by atoms with Crippen molar-refractivity contribution in [3.8, 4) is 0 Å². The second kappa shape index (κ2) is 9.53. The lowest BCUT2D eigenvalue weighted by molar-refractivity contribution is 0.600. The Kier molecular flexibility index (Phi) is 6.85. The van der Waals surface area contributed by atoms with Crippen molar-refractivity contribution in [1.29, 1.82) is 0 Å². The van der Waals surface area contributed by atoms with Crippen LogP contribution in [0.1, 0.15) is 54.5 Å². The first-order chi connectivity index (χ1) is 13.2. The first-order valence-electron chi connectivity index (χ1n) is 10.2. The van der Waals surface area contributed by atoms with Gasteiger partial charge < -0.3 is 15.2 Å². The molecule has 0 fully saturated rings. The van der Waals surface area contributed by atoms with Gasteiger partial charge in [0.25, 0.3) is 0 Å². The molecule has 0 unspecified atom stereocenters. The maximum atomic E-state index is 4.75. The van der Waals surface area contributed by atoms with Gasteiger partial charge in [-0.25, -0.2) is 4.99 Å². The van der Waals surface area contributed by atoms with Gasteiger partial charge in [-0.3, -0.25) is 0 Å². The molecule has 146 valence electrons. The summed E-state index contributed by atoms with van der Waals surface area (Å²) in [5.41, 5.74) is 3.85. The summed E-state index contributed by atoms with van der Waals surface area (Å²) in [5, 5.41) is 15.6. The van der Waals surface area contributed by atoms with Crippen LogP contribution >= 0.6 is 0 Å². The quantitative estimate of drug-likeness (QED) is 0.608. The number of guanidine groups is 1. The molecule has 3 rings (SSSR count). The minimum absolute atomic E-state index is 0.682. The summed E-state index contributed by atoms with van der Waals surface area (Å²) < 4.78 is 2.31. The van der Waals surface area contributed by atoms with Crippen LogP contribution in [0.25, 0.3) is 0 Å². The van der Waals surface area contributed by atoms with Gasteiger partial charge in [-0.15, -0.1) is 10.2 Å². The molecule has 1 aromatic heterocycles. The fourth-order valence-corrected chi connectivity index (χ4v) is 3.55. The summed E-state index contributed by atoms with van der Waals surface area (Å²) >= 11 is 0. The van der Waals surface area contributed by atoms with Crippen LogP contribution < -0.4 is 10.6 Å². The van der Waals surface area contributed by atoms with Gasteiger partial charge in [0.2, 0.25) is 0 Å². The summed E-state index contributed by atoms with van der Waals surface area (Å²) in [6.45, 7) is 9.75. The Balaban J connectivity index is 1.57. The largest absolute Gasteiger partial charge is 0.357 e. The van der Waals surface area contributed by atoms with E-state index in [1.807, 2.05) is 0 Å². The van der Waals surface area contributed by atoms with Gasteiger partial charge in [0, 0.05) is 32.5 Å². The fraction of sp³-hybridized carbons (Fsp3) is 0.571. The lowest BCUT2D eigenvalue weighted by Crippen LogP contribution is -2.38. The van der Waals surface area contributed by atoms with E-state index in [2.05, 4.69) is 64.4 Å². The molecular formula is C21H32N6.